The molecule has 0 spiro atoms. The Labute approximate surface area is 154 Å². The van der Waals surface area contributed by atoms with E-state index in [1.54, 1.807) is 37.3 Å². The van der Waals surface area contributed by atoms with E-state index in [0.717, 1.165) is 10.6 Å². The maximum atomic E-state index is 12.3. The Bertz CT molecular complexity index is 751. The third-order valence-electron chi connectivity index (χ3n) is 3.07. The van der Waals surface area contributed by atoms with Gasteiger partial charge in [-0.2, -0.15) is 0 Å². The zero-order valence-electron chi connectivity index (χ0n) is 13.1. The third kappa shape index (κ3) is 5.16. The van der Waals surface area contributed by atoms with Gasteiger partial charge in [0, 0.05) is 17.5 Å². The van der Waals surface area contributed by atoms with Crippen molar-refractivity contribution in [1.82, 2.24) is 0 Å². The molecule has 0 fully saturated rings. The van der Waals surface area contributed by atoms with Crippen LogP contribution in [0.2, 0.25) is 10.0 Å². The Morgan fingerprint density at radius 3 is 2.33 bits per heavy atom. The van der Waals surface area contributed by atoms with Gasteiger partial charge in [0.05, 0.1) is 21.0 Å². The summed E-state index contributed by atoms with van der Waals surface area (Å²) >= 11 is 13.4. The summed E-state index contributed by atoms with van der Waals surface area (Å²) < 4.78 is 0. The van der Waals surface area contributed by atoms with Crippen molar-refractivity contribution in [3.05, 3.63) is 52.5 Å². The van der Waals surface area contributed by atoms with Gasteiger partial charge in [0.15, 0.2) is 0 Å². The Balaban J connectivity index is 1.98. The molecule has 0 saturated carbocycles. The van der Waals surface area contributed by atoms with Gasteiger partial charge in [-0.1, -0.05) is 29.3 Å². The van der Waals surface area contributed by atoms with Gasteiger partial charge in [-0.25, -0.2) is 0 Å². The highest BCUT2D eigenvalue weighted by atomic mass is 35.5. The van der Waals surface area contributed by atoms with Crippen LogP contribution in [0, 0.1) is 0 Å². The number of anilines is 2. The molecule has 4 nitrogen and oxygen atoms in total. The largest absolute Gasteiger partial charge is 0.326 e. The van der Waals surface area contributed by atoms with Crippen LogP contribution in [-0.2, 0) is 9.59 Å². The predicted molar refractivity (Wildman–Crippen MR) is 101 cm³/mol. The minimum Gasteiger partial charge on any atom is -0.326 e. The molecule has 0 aliphatic heterocycles. The zero-order valence-corrected chi connectivity index (χ0v) is 15.4. The minimum atomic E-state index is -0.327. The first-order chi connectivity index (χ1) is 11.4. The number of hydrogen-bond acceptors (Lipinski definition) is 3. The number of halogens is 2. The highest BCUT2D eigenvalue weighted by Crippen LogP contribution is 2.31. The molecule has 0 saturated heterocycles. The van der Waals surface area contributed by atoms with E-state index in [2.05, 4.69) is 10.6 Å². The molecule has 2 amide bonds. The number of carbonyl (C=O) groups is 2. The van der Waals surface area contributed by atoms with E-state index in [-0.39, 0.29) is 17.1 Å². The van der Waals surface area contributed by atoms with Crippen LogP contribution in [0.1, 0.15) is 13.8 Å². The summed E-state index contributed by atoms with van der Waals surface area (Å²) in [6.45, 7) is 3.26. The molecule has 7 heteroatoms. The van der Waals surface area contributed by atoms with E-state index in [0.29, 0.717) is 15.7 Å². The van der Waals surface area contributed by atoms with Gasteiger partial charge < -0.3 is 10.6 Å². The molecule has 2 aromatic carbocycles. The van der Waals surface area contributed by atoms with Crippen molar-refractivity contribution >= 4 is 58.2 Å². The number of amides is 2. The van der Waals surface area contributed by atoms with Crippen molar-refractivity contribution in [2.45, 2.75) is 24.0 Å². The Kier molecular flexibility index (Phi) is 6.54. The molecule has 0 radical (unpaired) electrons. The second kappa shape index (κ2) is 8.42. The molecule has 2 N–H and O–H groups in total. The second-order valence-corrected chi connectivity index (χ2v) is 7.26. The predicted octanol–water partition coefficient (Wildman–Crippen LogP) is 5.07. The SMILES string of the molecule is CC(=O)Nc1ccc(SC(C)C(=O)Nc2cccc(Cl)c2Cl)cc1. The summed E-state index contributed by atoms with van der Waals surface area (Å²) in [7, 11) is 0. The van der Waals surface area contributed by atoms with E-state index in [4.69, 9.17) is 23.2 Å². The lowest BCUT2D eigenvalue weighted by molar-refractivity contribution is -0.115. The van der Waals surface area contributed by atoms with E-state index in [1.807, 2.05) is 12.1 Å². The summed E-state index contributed by atoms with van der Waals surface area (Å²) in [4.78, 5) is 24.2. The quantitative estimate of drug-likeness (QED) is 0.709. The number of rotatable bonds is 5. The number of carbonyl (C=O) groups excluding carboxylic acids is 2. The van der Waals surface area contributed by atoms with Gasteiger partial charge in [0.2, 0.25) is 11.8 Å². The molecule has 1 atom stereocenters. The van der Waals surface area contributed by atoms with Gasteiger partial charge in [0.1, 0.15) is 0 Å². The van der Waals surface area contributed by atoms with Crippen LogP contribution >= 0.6 is 35.0 Å². The van der Waals surface area contributed by atoms with Crippen LogP contribution in [0.3, 0.4) is 0 Å². The molecule has 0 bridgehead atoms. The molecule has 24 heavy (non-hydrogen) atoms. The monoisotopic (exact) mass is 382 g/mol. The van der Waals surface area contributed by atoms with Crippen molar-refractivity contribution in [3.63, 3.8) is 0 Å². The Hall–Kier alpha value is -1.69. The standard InChI is InChI=1S/C17H16Cl2N2O2S/c1-10(17(23)21-15-5-3-4-14(18)16(15)19)24-13-8-6-12(7-9-13)20-11(2)22/h3-10H,1-2H3,(H,20,22)(H,21,23). The lowest BCUT2D eigenvalue weighted by Crippen LogP contribution is -2.22. The maximum Gasteiger partial charge on any atom is 0.237 e. The van der Waals surface area contributed by atoms with Crippen molar-refractivity contribution in [1.29, 1.82) is 0 Å². The molecule has 0 aromatic heterocycles. The summed E-state index contributed by atoms with van der Waals surface area (Å²) in [5.41, 5.74) is 1.21. The lowest BCUT2D eigenvalue weighted by Gasteiger charge is -2.13. The van der Waals surface area contributed by atoms with Crippen molar-refractivity contribution < 1.29 is 9.59 Å². The Morgan fingerprint density at radius 1 is 1.04 bits per heavy atom. The average Bonchev–Trinajstić information content (AvgIpc) is 2.53. The summed E-state index contributed by atoms with van der Waals surface area (Å²) in [6, 6.07) is 12.4. The van der Waals surface area contributed by atoms with Gasteiger partial charge >= 0.3 is 0 Å². The van der Waals surface area contributed by atoms with Gasteiger partial charge in [-0.05, 0) is 43.3 Å². The number of benzene rings is 2. The fourth-order valence-corrected chi connectivity index (χ4v) is 3.13. The van der Waals surface area contributed by atoms with Gasteiger partial charge in [-0.3, -0.25) is 9.59 Å². The molecular formula is C17H16Cl2N2O2S. The zero-order chi connectivity index (χ0) is 17.7. The van der Waals surface area contributed by atoms with Crippen LogP contribution < -0.4 is 10.6 Å². The van der Waals surface area contributed by atoms with Crippen LogP contribution in [0.15, 0.2) is 47.4 Å². The van der Waals surface area contributed by atoms with E-state index >= 15 is 0 Å². The molecule has 0 aliphatic rings. The maximum absolute atomic E-state index is 12.3. The number of hydrogen-bond donors (Lipinski definition) is 2. The Morgan fingerprint density at radius 2 is 1.71 bits per heavy atom. The van der Waals surface area contributed by atoms with E-state index in [9.17, 15) is 9.59 Å². The molecule has 126 valence electrons. The summed E-state index contributed by atoms with van der Waals surface area (Å²) in [6.07, 6.45) is 0. The van der Waals surface area contributed by atoms with Crippen LogP contribution in [0.25, 0.3) is 0 Å². The van der Waals surface area contributed by atoms with Gasteiger partial charge in [0.25, 0.3) is 0 Å². The topological polar surface area (TPSA) is 58.2 Å². The highest BCUT2D eigenvalue weighted by molar-refractivity contribution is 8.00. The fourth-order valence-electron chi connectivity index (χ4n) is 1.91. The fraction of sp³-hybridized carbons (Fsp3) is 0.176. The van der Waals surface area contributed by atoms with Crippen LogP contribution in [0.5, 0.6) is 0 Å². The van der Waals surface area contributed by atoms with Crippen molar-refractivity contribution in [3.8, 4) is 0 Å². The summed E-state index contributed by atoms with van der Waals surface area (Å²) in [5, 5.41) is 5.86. The first-order valence-electron chi connectivity index (χ1n) is 7.16. The molecule has 0 heterocycles. The second-order valence-electron chi connectivity index (χ2n) is 5.06. The third-order valence-corrected chi connectivity index (χ3v) is 5.00. The average molecular weight is 383 g/mol. The highest BCUT2D eigenvalue weighted by Gasteiger charge is 2.16. The van der Waals surface area contributed by atoms with E-state index in [1.165, 1.54) is 18.7 Å². The van der Waals surface area contributed by atoms with Crippen LogP contribution in [-0.4, -0.2) is 17.1 Å². The summed E-state index contributed by atoms with van der Waals surface area (Å²) in [5.74, 6) is -0.295. The van der Waals surface area contributed by atoms with E-state index < -0.39 is 0 Å². The first-order valence-corrected chi connectivity index (χ1v) is 8.79. The van der Waals surface area contributed by atoms with Gasteiger partial charge in [-0.15, -0.1) is 11.8 Å². The normalized spacial score (nSPS) is 11.7. The minimum absolute atomic E-state index is 0.124. The molecule has 1 unspecified atom stereocenters. The first kappa shape index (κ1) is 18.6. The molecule has 2 aromatic rings. The van der Waals surface area contributed by atoms with Crippen molar-refractivity contribution in [2.24, 2.45) is 0 Å². The van der Waals surface area contributed by atoms with Crippen LogP contribution in [0.4, 0.5) is 11.4 Å². The number of thioether (sulfide) groups is 1. The molecule has 2 rings (SSSR count). The number of nitrogens with one attached hydrogen (secondary N) is 2. The lowest BCUT2D eigenvalue weighted by atomic mass is 10.3. The van der Waals surface area contributed by atoms with Crippen molar-refractivity contribution in [2.75, 3.05) is 10.6 Å². The molecule has 0 aliphatic carbocycles. The smallest absolute Gasteiger partial charge is 0.237 e. The molecular weight excluding hydrogens is 367 g/mol.